The fourth-order valence-corrected chi connectivity index (χ4v) is 1.75. The lowest BCUT2D eigenvalue weighted by Gasteiger charge is -2.12. The third-order valence-corrected chi connectivity index (χ3v) is 2.82. The van der Waals surface area contributed by atoms with Gasteiger partial charge in [0, 0.05) is 11.8 Å². The number of nitrogens with zero attached hydrogens (tertiary/aromatic N) is 1. The summed E-state index contributed by atoms with van der Waals surface area (Å²) in [4.78, 5) is 15.9. The number of aromatic nitrogens is 1. The summed E-state index contributed by atoms with van der Waals surface area (Å²) in [5.41, 5.74) is 1.75. The Balaban J connectivity index is 1.77. The number of carbonyl (C=O) groups is 1. The average molecular weight is 279 g/mol. The Kier molecular flexibility index (Phi) is 5.36. The molecular formula is C17H17N3O. The van der Waals surface area contributed by atoms with Crippen molar-refractivity contribution in [1.82, 2.24) is 15.6 Å². The van der Waals surface area contributed by atoms with Gasteiger partial charge in [0.1, 0.15) is 0 Å². The maximum absolute atomic E-state index is 11.7. The number of nitrogens with one attached hydrogen (secondary N) is 2. The van der Waals surface area contributed by atoms with Gasteiger partial charge in [0.05, 0.1) is 18.3 Å². The second-order valence-corrected chi connectivity index (χ2v) is 4.47. The van der Waals surface area contributed by atoms with Crippen molar-refractivity contribution in [2.75, 3.05) is 6.54 Å². The van der Waals surface area contributed by atoms with E-state index in [-0.39, 0.29) is 12.1 Å². The van der Waals surface area contributed by atoms with E-state index >= 15 is 0 Å². The van der Waals surface area contributed by atoms with Gasteiger partial charge in [0.25, 0.3) is 0 Å². The van der Waals surface area contributed by atoms with E-state index in [2.05, 4.69) is 27.5 Å². The monoisotopic (exact) mass is 279 g/mol. The lowest BCUT2D eigenvalue weighted by molar-refractivity contribution is 0.239. The Morgan fingerprint density at radius 3 is 2.67 bits per heavy atom. The van der Waals surface area contributed by atoms with Gasteiger partial charge < -0.3 is 10.6 Å². The maximum Gasteiger partial charge on any atom is 0.316 e. The molecule has 2 rings (SSSR count). The van der Waals surface area contributed by atoms with Crippen molar-refractivity contribution in [3.05, 3.63) is 66.0 Å². The molecule has 0 spiro atoms. The molecular weight excluding hydrogens is 262 g/mol. The number of carbonyl (C=O) groups excluding carboxylic acids is 1. The summed E-state index contributed by atoms with van der Waals surface area (Å²) in [6, 6.07) is 14.9. The molecule has 2 N–H and O–H groups in total. The summed E-state index contributed by atoms with van der Waals surface area (Å²) in [5, 5.41) is 5.52. The van der Waals surface area contributed by atoms with E-state index in [4.69, 9.17) is 0 Å². The van der Waals surface area contributed by atoms with Crippen LogP contribution in [0, 0.1) is 11.8 Å². The Morgan fingerprint density at radius 2 is 1.95 bits per heavy atom. The van der Waals surface area contributed by atoms with E-state index in [0.29, 0.717) is 6.54 Å². The lowest BCUT2D eigenvalue weighted by Crippen LogP contribution is -2.37. The summed E-state index contributed by atoms with van der Waals surface area (Å²) in [6.45, 7) is 2.19. The molecule has 2 aromatic rings. The standard InChI is InChI=1S/C17H17N3O/c1-14(16-11-5-6-12-18-16)20-17(21)19-13-7-10-15-8-3-2-4-9-15/h2-6,8-9,11-12,14H,13H2,1H3,(H2,19,20,21)/t14-/m0/s1. The predicted molar refractivity (Wildman–Crippen MR) is 82.5 cm³/mol. The van der Waals surface area contributed by atoms with Gasteiger partial charge in [-0.05, 0) is 31.2 Å². The number of pyridine rings is 1. The number of amides is 2. The van der Waals surface area contributed by atoms with Crippen LogP contribution in [0.2, 0.25) is 0 Å². The Hall–Kier alpha value is -2.80. The normalized spacial score (nSPS) is 10.9. The largest absolute Gasteiger partial charge is 0.330 e. The molecule has 1 aromatic heterocycles. The summed E-state index contributed by atoms with van der Waals surface area (Å²) >= 11 is 0. The van der Waals surface area contributed by atoms with Gasteiger partial charge in [0.15, 0.2) is 0 Å². The zero-order chi connectivity index (χ0) is 14.9. The van der Waals surface area contributed by atoms with Gasteiger partial charge >= 0.3 is 6.03 Å². The van der Waals surface area contributed by atoms with Crippen molar-refractivity contribution in [2.24, 2.45) is 0 Å². The quantitative estimate of drug-likeness (QED) is 0.848. The van der Waals surface area contributed by atoms with Gasteiger partial charge in [-0.25, -0.2) is 4.79 Å². The van der Waals surface area contributed by atoms with Gasteiger partial charge in [-0.3, -0.25) is 4.98 Å². The number of urea groups is 1. The Morgan fingerprint density at radius 1 is 1.19 bits per heavy atom. The van der Waals surface area contributed by atoms with Crippen LogP contribution in [0.25, 0.3) is 0 Å². The molecule has 106 valence electrons. The zero-order valence-electron chi connectivity index (χ0n) is 11.8. The second kappa shape index (κ2) is 7.71. The van der Waals surface area contributed by atoms with Crippen LogP contribution in [0.4, 0.5) is 4.79 Å². The van der Waals surface area contributed by atoms with Crippen LogP contribution in [0.15, 0.2) is 54.7 Å². The van der Waals surface area contributed by atoms with Crippen molar-refractivity contribution >= 4 is 6.03 Å². The topological polar surface area (TPSA) is 54.0 Å². The minimum Gasteiger partial charge on any atom is -0.330 e. The van der Waals surface area contributed by atoms with Gasteiger partial charge in [-0.2, -0.15) is 0 Å². The van der Waals surface area contributed by atoms with E-state index in [1.807, 2.05) is 55.5 Å². The smallest absolute Gasteiger partial charge is 0.316 e. The first-order valence-electron chi connectivity index (χ1n) is 6.75. The number of benzene rings is 1. The van der Waals surface area contributed by atoms with Crippen LogP contribution in [0.1, 0.15) is 24.2 Å². The molecule has 1 atom stereocenters. The minimum absolute atomic E-state index is 0.145. The van der Waals surface area contributed by atoms with Gasteiger partial charge in [-0.15, -0.1) is 0 Å². The van der Waals surface area contributed by atoms with Crippen molar-refractivity contribution in [3.63, 3.8) is 0 Å². The zero-order valence-corrected chi connectivity index (χ0v) is 11.8. The minimum atomic E-state index is -0.254. The molecule has 0 saturated carbocycles. The lowest BCUT2D eigenvalue weighted by atomic mass is 10.2. The average Bonchev–Trinajstić information content (AvgIpc) is 2.53. The molecule has 0 unspecified atom stereocenters. The fourth-order valence-electron chi connectivity index (χ4n) is 1.75. The van der Waals surface area contributed by atoms with Crippen LogP contribution < -0.4 is 10.6 Å². The maximum atomic E-state index is 11.7. The fraction of sp³-hybridized carbons (Fsp3) is 0.176. The molecule has 1 heterocycles. The van der Waals surface area contributed by atoms with Crippen LogP contribution in [-0.2, 0) is 0 Å². The van der Waals surface area contributed by atoms with E-state index in [1.54, 1.807) is 6.20 Å². The number of rotatable bonds is 3. The molecule has 0 aliphatic heterocycles. The summed E-state index contributed by atoms with van der Waals surface area (Å²) < 4.78 is 0. The molecule has 21 heavy (non-hydrogen) atoms. The molecule has 4 heteroatoms. The molecule has 0 radical (unpaired) electrons. The third-order valence-electron chi connectivity index (χ3n) is 2.82. The molecule has 0 saturated heterocycles. The van der Waals surface area contributed by atoms with E-state index < -0.39 is 0 Å². The molecule has 0 aliphatic carbocycles. The molecule has 4 nitrogen and oxygen atoms in total. The van der Waals surface area contributed by atoms with Crippen LogP contribution >= 0.6 is 0 Å². The Bertz CT molecular complexity index is 629. The molecule has 0 fully saturated rings. The van der Waals surface area contributed by atoms with Crippen molar-refractivity contribution in [2.45, 2.75) is 13.0 Å². The predicted octanol–water partition coefficient (Wildman–Crippen LogP) is 2.49. The van der Waals surface area contributed by atoms with E-state index in [1.165, 1.54) is 0 Å². The van der Waals surface area contributed by atoms with Crippen molar-refractivity contribution in [1.29, 1.82) is 0 Å². The Labute approximate surface area is 124 Å². The van der Waals surface area contributed by atoms with E-state index in [9.17, 15) is 4.79 Å². The first-order valence-corrected chi connectivity index (χ1v) is 6.75. The number of hydrogen-bond donors (Lipinski definition) is 2. The highest BCUT2D eigenvalue weighted by atomic mass is 16.2. The highest BCUT2D eigenvalue weighted by Crippen LogP contribution is 2.06. The van der Waals surface area contributed by atoms with Crippen molar-refractivity contribution in [3.8, 4) is 11.8 Å². The van der Waals surface area contributed by atoms with Gasteiger partial charge in [0.2, 0.25) is 0 Å². The summed E-state index contributed by atoms with van der Waals surface area (Å²) in [5.74, 6) is 5.89. The van der Waals surface area contributed by atoms with E-state index in [0.717, 1.165) is 11.3 Å². The van der Waals surface area contributed by atoms with Crippen molar-refractivity contribution < 1.29 is 4.79 Å². The molecule has 1 aromatic carbocycles. The van der Waals surface area contributed by atoms with Crippen LogP contribution in [0.5, 0.6) is 0 Å². The molecule has 0 aliphatic rings. The summed E-state index contributed by atoms with van der Waals surface area (Å²) in [6.07, 6.45) is 1.71. The molecule has 2 amide bonds. The van der Waals surface area contributed by atoms with Crippen LogP contribution in [-0.4, -0.2) is 17.6 Å². The first kappa shape index (κ1) is 14.6. The third kappa shape index (κ3) is 5.00. The first-order chi connectivity index (χ1) is 10.3. The molecule has 0 bridgehead atoms. The number of hydrogen-bond acceptors (Lipinski definition) is 2. The van der Waals surface area contributed by atoms with Gasteiger partial charge in [-0.1, -0.05) is 36.1 Å². The SMILES string of the molecule is C[C@H](NC(=O)NCC#Cc1ccccc1)c1ccccn1. The highest BCUT2D eigenvalue weighted by Gasteiger charge is 2.08. The summed E-state index contributed by atoms with van der Waals surface area (Å²) in [7, 11) is 0. The second-order valence-electron chi connectivity index (χ2n) is 4.47. The highest BCUT2D eigenvalue weighted by molar-refractivity contribution is 5.74. The van der Waals surface area contributed by atoms with Crippen LogP contribution in [0.3, 0.4) is 0 Å².